The van der Waals surface area contributed by atoms with Crippen LogP contribution in [0.2, 0.25) is 0 Å². The number of para-hydroxylation sites is 1. The summed E-state index contributed by atoms with van der Waals surface area (Å²) in [7, 11) is 3.25. The molecule has 2 N–H and O–H groups in total. The van der Waals surface area contributed by atoms with Crippen LogP contribution in [0.5, 0.6) is 11.5 Å². The monoisotopic (exact) mass is 324 g/mol. The Hall–Kier alpha value is -2.95. The minimum absolute atomic E-state index is 0.145. The summed E-state index contributed by atoms with van der Waals surface area (Å²) in [4.78, 5) is 15.7. The van der Waals surface area contributed by atoms with E-state index < -0.39 is 0 Å². The fourth-order valence-electron chi connectivity index (χ4n) is 2.77. The van der Waals surface area contributed by atoms with Gasteiger partial charge in [0.1, 0.15) is 17.2 Å². The predicted octanol–water partition coefficient (Wildman–Crippen LogP) is 3.42. The van der Waals surface area contributed by atoms with Gasteiger partial charge in [0, 0.05) is 23.0 Å². The summed E-state index contributed by atoms with van der Waals surface area (Å²) in [5, 5.41) is 3.92. The Morgan fingerprint density at radius 2 is 1.92 bits per heavy atom. The van der Waals surface area contributed by atoms with Gasteiger partial charge in [-0.3, -0.25) is 4.79 Å². The smallest absolute Gasteiger partial charge is 0.268 e. The molecule has 0 fully saturated rings. The second-order valence-corrected chi connectivity index (χ2v) is 5.53. The van der Waals surface area contributed by atoms with Crippen LogP contribution in [-0.2, 0) is 6.54 Å². The summed E-state index contributed by atoms with van der Waals surface area (Å²) >= 11 is 0. The van der Waals surface area contributed by atoms with E-state index in [-0.39, 0.29) is 5.91 Å². The first-order valence-corrected chi connectivity index (χ1v) is 7.70. The molecule has 0 atom stereocenters. The van der Waals surface area contributed by atoms with Gasteiger partial charge >= 0.3 is 0 Å². The zero-order valence-corrected chi connectivity index (χ0v) is 14.0. The van der Waals surface area contributed by atoms with E-state index in [0.29, 0.717) is 12.2 Å². The number of methoxy groups -OCH3 is 2. The van der Waals surface area contributed by atoms with Crippen molar-refractivity contribution in [1.29, 1.82) is 0 Å². The summed E-state index contributed by atoms with van der Waals surface area (Å²) in [5.74, 6) is 1.38. The Kier molecular flexibility index (Phi) is 4.42. The van der Waals surface area contributed by atoms with E-state index in [0.717, 1.165) is 33.5 Å². The largest absolute Gasteiger partial charge is 0.497 e. The Morgan fingerprint density at radius 1 is 1.12 bits per heavy atom. The highest BCUT2D eigenvalue weighted by molar-refractivity contribution is 6.01. The lowest BCUT2D eigenvalue weighted by Gasteiger charge is -2.09. The molecular formula is C19H20N2O3. The zero-order valence-electron chi connectivity index (χ0n) is 14.0. The number of rotatable bonds is 5. The van der Waals surface area contributed by atoms with Crippen molar-refractivity contribution >= 4 is 16.8 Å². The highest BCUT2D eigenvalue weighted by atomic mass is 16.5. The average Bonchev–Trinajstić information content (AvgIpc) is 2.96. The molecule has 5 heteroatoms. The molecule has 5 nitrogen and oxygen atoms in total. The van der Waals surface area contributed by atoms with E-state index in [4.69, 9.17) is 9.47 Å². The van der Waals surface area contributed by atoms with E-state index in [1.165, 1.54) is 0 Å². The first-order chi connectivity index (χ1) is 11.6. The van der Waals surface area contributed by atoms with Crippen molar-refractivity contribution in [2.24, 2.45) is 0 Å². The number of carbonyl (C=O) groups excluding carboxylic acids is 1. The Labute approximate surface area is 140 Å². The zero-order chi connectivity index (χ0) is 17.1. The lowest BCUT2D eigenvalue weighted by molar-refractivity contribution is 0.0946. The van der Waals surface area contributed by atoms with Gasteiger partial charge in [-0.1, -0.05) is 18.2 Å². The molecule has 0 aliphatic heterocycles. The summed E-state index contributed by atoms with van der Waals surface area (Å²) < 4.78 is 10.6. The summed E-state index contributed by atoms with van der Waals surface area (Å²) in [6, 6.07) is 13.3. The molecule has 0 unspecified atom stereocenters. The topological polar surface area (TPSA) is 63.4 Å². The van der Waals surface area contributed by atoms with Crippen LogP contribution in [0.4, 0.5) is 0 Å². The number of aromatic amines is 1. The lowest BCUT2D eigenvalue weighted by Crippen LogP contribution is -2.24. The van der Waals surface area contributed by atoms with Gasteiger partial charge in [0.25, 0.3) is 5.91 Å². The minimum atomic E-state index is -0.145. The molecule has 0 spiro atoms. The van der Waals surface area contributed by atoms with Gasteiger partial charge in [0.05, 0.1) is 14.2 Å². The molecule has 0 aliphatic rings. The SMILES string of the molecule is COc1ccc2[nH]c(C(=O)NCc3ccccc3OC)c(C)c2c1. The maximum Gasteiger partial charge on any atom is 0.268 e. The van der Waals surface area contributed by atoms with Gasteiger partial charge in [-0.2, -0.15) is 0 Å². The average molecular weight is 324 g/mol. The third-order valence-corrected chi connectivity index (χ3v) is 4.12. The quantitative estimate of drug-likeness (QED) is 0.756. The van der Waals surface area contributed by atoms with Crippen LogP contribution >= 0.6 is 0 Å². The Balaban J connectivity index is 1.82. The molecule has 1 aromatic heterocycles. The van der Waals surface area contributed by atoms with Crippen molar-refractivity contribution in [3.05, 3.63) is 59.3 Å². The van der Waals surface area contributed by atoms with Gasteiger partial charge in [0.15, 0.2) is 0 Å². The fourth-order valence-corrected chi connectivity index (χ4v) is 2.77. The lowest BCUT2D eigenvalue weighted by atomic mass is 10.1. The molecule has 1 heterocycles. The molecule has 24 heavy (non-hydrogen) atoms. The van der Waals surface area contributed by atoms with Crippen LogP contribution in [0.1, 0.15) is 21.6 Å². The van der Waals surface area contributed by atoms with Crippen molar-refractivity contribution < 1.29 is 14.3 Å². The van der Waals surface area contributed by atoms with Crippen LogP contribution in [0, 0.1) is 6.92 Å². The van der Waals surface area contributed by atoms with Crippen LogP contribution in [0.15, 0.2) is 42.5 Å². The maximum absolute atomic E-state index is 12.5. The number of carbonyl (C=O) groups is 1. The molecule has 3 rings (SSSR count). The molecule has 2 aromatic carbocycles. The van der Waals surface area contributed by atoms with Crippen LogP contribution in [0.3, 0.4) is 0 Å². The van der Waals surface area contributed by atoms with E-state index in [1.807, 2.05) is 49.4 Å². The summed E-state index contributed by atoms with van der Waals surface area (Å²) in [5.41, 5.74) is 3.31. The van der Waals surface area contributed by atoms with E-state index in [2.05, 4.69) is 10.3 Å². The van der Waals surface area contributed by atoms with Crippen molar-refractivity contribution in [3.63, 3.8) is 0 Å². The molecule has 0 radical (unpaired) electrons. The van der Waals surface area contributed by atoms with Crippen molar-refractivity contribution in [2.75, 3.05) is 14.2 Å². The van der Waals surface area contributed by atoms with Gasteiger partial charge in [-0.05, 0) is 36.8 Å². The Morgan fingerprint density at radius 3 is 2.67 bits per heavy atom. The minimum Gasteiger partial charge on any atom is -0.497 e. The van der Waals surface area contributed by atoms with Gasteiger partial charge < -0.3 is 19.8 Å². The molecule has 124 valence electrons. The Bertz CT molecular complexity index is 883. The third kappa shape index (κ3) is 2.93. The highest BCUT2D eigenvalue weighted by Gasteiger charge is 2.15. The van der Waals surface area contributed by atoms with Crippen molar-refractivity contribution in [2.45, 2.75) is 13.5 Å². The molecule has 0 bridgehead atoms. The predicted molar refractivity (Wildman–Crippen MR) is 93.8 cm³/mol. The number of hydrogen-bond donors (Lipinski definition) is 2. The first-order valence-electron chi connectivity index (χ1n) is 7.70. The van der Waals surface area contributed by atoms with Crippen LogP contribution in [0.25, 0.3) is 10.9 Å². The second-order valence-electron chi connectivity index (χ2n) is 5.53. The highest BCUT2D eigenvalue weighted by Crippen LogP contribution is 2.26. The number of aryl methyl sites for hydroxylation is 1. The number of amides is 1. The van der Waals surface area contributed by atoms with Crippen LogP contribution < -0.4 is 14.8 Å². The number of ether oxygens (including phenoxy) is 2. The van der Waals surface area contributed by atoms with E-state index in [1.54, 1.807) is 14.2 Å². The number of H-pyrrole nitrogens is 1. The normalized spacial score (nSPS) is 10.6. The van der Waals surface area contributed by atoms with E-state index in [9.17, 15) is 4.79 Å². The van der Waals surface area contributed by atoms with Crippen LogP contribution in [-0.4, -0.2) is 25.1 Å². The maximum atomic E-state index is 12.5. The standard InChI is InChI=1S/C19H20N2O3/c1-12-15-10-14(23-2)8-9-16(15)21-18(12)19(22)20-11-13-6-4-5-7-17(13)24-3/h4-10,21H,11H2,1-3H3,(H,20,22). The number of nitrogens with one attached hydrogen (secondary N) is 2. The third-order valence-electron chi connectivity index (χ3n) is 4.12. The number of benzene rings is 2. The molecule has 3 aromatic rings. The molecule has 0 aliphatic carbocycles. The van der Waals surface area contributed by atoms with Crippen molar-refractivity contribution in [1.82, 2.24) is 10.3 Å². The summed E-state index contributed by atoms with van der Waals surface area (Å²) in [6.07, 6.45) is 0. The van der Waals surface area contributed by atoms with Crippen molar-refractivity contribution in [3.8, 4) is 11.5 Å². The van der Waals surface area contributed by atoms with Gasteiger partial charge in [-0.25, -0.2) is 0 Å². The summed E-state index contributed by atoms with van der Waals surface area (Å²) in [6.45, 7) is 2.33. The fraction of sp³-hybridized carbons (Fsp3) is 0.211. The number of aromatic nitrogens is 1. The molecule has 1 amide bonds. The molecular weight excluding hydrogens is 304 g/mol. The van der Waals surface area contributed by atoms with Gasteiger partial charge in [0.2, 0.25) is 0 Å². The first kappa shape index (κ1) is 15.9. The van der Waals surface area contributed by atoms with E-state index >= 15 is 0 Å². The number of fused-ring (bicyclic) bond motifs is 1. The second kappa shape index (κ2) is 6.66. The number of hydrogen-bond acceptors (Lipinski definition) is 3. The molecule has 0 saturated carbocycles. The van der Waals surface area contributed by atoms with Gasteiger partial charge in [-0.15, -0.1) is 0 Å². The molecule has 0 saturated heterocycles.